The number of hydrogen-bond donors (Lipinski definition) is 3. The van der Waals surface area contributed by atoms with Crippen molar-refractivity contribution in [2.45, 2.75) is 0 Å². The molecule has 3 rings (SSSR count). The molecule has 0 saturated carbocycles. The van der Waals surface area contributed by atoms with Gasteiger partial charge in [0.05, 0.1) is 0 Å². The second-order valence-electron chi connectivity index (χ2n) is 4.79. The average Bonchev–Trinajstić information content (AvgIpc) is 2.50. The molecule has 1 heterocycles. The molecule has 0 amide bonds. The van der Waals surface area contributed by atoms with Gasteiger partial charge in [-0.1, -0.05) is 24.3 Å². The summed E-state index contributed by atoms with van der Waals surface area (Å²) in [5.74, 6) is -0.990. The van der Waals surface area contributed by atoms with Gasteiger partial charge in [-0.2, -0.15) is 0 Å². The van der Waals surface area contributed by atoms with Gasteiger partial charge in [0.2, 0.25) is 5.75 Å². The van der Waals surface area contributed by atoms with Crippen molar-refractivity contribution in [1.29, 1.82) is 0 Å². The van der Waals surface area contributed by atoms with Crippen LogP contribution in [0.3, 0.4) is 0 Å². The minimum atomic E-state index is -0.992. The first-order valence-electron chi connectivity index (χ1n) is 6.50. The van der Waals surface area contributed by atoms with Crippen LogP contribution in [0, 0.1) is 0 Å². The molecule has 5 heteroatoms. The van der Waals surface area contributed by atoms with Crippen molar-refractivity contribution in [3.63, 3.8) is 0 Å². The third kappa shape index (κ3) is 2.64. The van der Waals surface area contributed by atoms with E-state index in [2.05, 4.69) is 0 Å². The van der Waals surface area contributed by atoms with Crippen molar-refractivity contribution >= 4 is 22.9 Å². The SMILES string of the molecule is O=c1oc(C=Cc2ccc3cc(O)ccc3c2)cc(O)c1O. The first-order valence-corrected chi connectivity index (χ1v) is 6.50. The van der Waals surface area contributed by atoms with Crippen LogP contribution in [0.5, 0.6) is 17.2 Å². The Hall–Kier alpha value is -3.21. The van der Waals surface area contributed by atoms with Gasteiger partial charge in [-0.05, 0) is 40.6 Å². The van der Waals surface area contributed by atoms with Gasteiger partial charge in [-0.25, -0.2) is 4.79 Å². The number of hydrogen-bond acceptors (Lipinski definition) is 5. The third-order valence-electron chi connectivity index (χ3n) is 3.21. The van der Waals surface area contributed by atoms with Crippen molar-refractivity contribution in [3.05, 3.63) is 64.2 Å². The zero-order valence-electron chi connectivity index (χ0n) is 11.4. The van der Waals surface area contributed by atoms with E-state index < -0.39 is 17.1 Å². The number of benzene rings is 2. The van der Waals surface area contributed by atoms with E-state index in [1.807, 2.05) is 18.2 Å². The normalized spacial score (nSPS) is 11.3. The summed E-state index contributed by atoms with van der Waals surface area (Å²) >= 11 is 0. The molecule has 0 saturated heterocycles. The molecule has 110 valence electrons. The van der Waals surface area contributed by atoms with Gasteiger partial charge >= 0.3 is 5.63 Å². The fourth-order valence-electron chi connectivity index (χ4n) is 2.11. The highest BCUT2D eigenvalue weighted by Gasteiger charge is 2.07. The minimum Gasteiger partial charge on any atom is -0.508 e. The molecule has 3 N–H and O–H groups in total. The standard InChI is InChI=1S/C17H12O5/c18-13-5-4-11-7-10(1-3-12(11)8-13)2-6-14-9-15(19)16(20)17(21)22-14/h1-9,18-20H. The lowest BCUT2D eigenvalue weighted by Gasteiger charge is -2.01. The van der Waals surface area contributed by atoms with E-state index in [1.165, 1.54) is 6.08 Å². The molecule has 0 atom stereocenters. The van der Waals surface area contributed by atoms with Gasteiger partial charge in [0.1, 0.15) is 11.5 Å². The molecule has 0 bridgehead atoms. The molecule has 1 aromatic heterocycles. The maximum absolute atomic E-state index is 11.2. The van der Waals surface area contributed by atoms with Crippen LogP contribution in [0.15, 0.2) is 51.7 Å². The number of rotatable bonds is 2. The van der Waals surface area contributed by atoms with Crippen LogP contribution < -0.4 is 5.63 Å². The Labute approximate surface area is 125 Å². The summed E-state index contributed by atoms with van der Waals surface area (Å²) in [5, 5.41) is 29.8. The fraction of sp³-hybridized carbons (Fsp3) is 0. The lowest BCUT2D eigenvalue weighted by molar-refractivity contribution is 0.362. The third-order valence-corrected chi connectivity index (χ3v) is 3.21. The van der Waals surface area contributed by atoms with Crippen LogP contribution >= 0.6 is 0 Å². The monoisotopic (exact) mass is 296 g/mol. The first-order chi connectivity index (χ1) is 10.5. The number of phenols is 1. The van der Waals surface area contributed by atoms with E-state index in [4.69, 9.17) is 9.52 Å². The summed E-state index contributed by atoms with van der Waals surface area (Å²) in [7, 11) is 0. The summed E-state index contributed by atoms with van der Waals surface area (Å²) in [6, 6.07) is 11.8. The summed E-state index contributed by atoms with van der Waals surface area (Å²) in [6.45, 7) is 0. The Morgan fingerprint density at radius 1 is 0.864 bits per heavy atom. The van der Waals surface area contributed by atoms with Crippen LogP contribution in [-0.2, 0) is 0 Å². The van der Waals surface area contributed by atoms with Crippen LogP contribution in [0.25, 0.3) is 22.9 Å². The van der Waals surface area contributed by atoms with Crippen molar-refractivity contribution in [2.24, 2.45) is 0 Å². The zero-order valence-corrected chi connectivity index (χ0v) is 11.4. The molecule has 0 fully saturated rings. The summed E-state index contributed by atoms with van der Waals surface area (Å²) in [4.78, 5) is 11.2. The predicted octanol–water partition coefficient (Wildman–Crippen LogP) is 3.08. The molecule has 0 radical (unpaired) electrons. The van der Waals surface area contributed by atoms with Crippen molar-refractivity contribution in [1.82, 2.24) is 0 Å². The average molecular weight is 296 g/mol. The Kier molecular flexibility index (Phi) is 3.31. The lowest BCUT2D eigenvalue weighted by atomic mass is 10.1. The number of aromatic hydroxyl groups is 3. The van der Waals surface area contributed by atoms with Crippen LogP contribution in [0.4, 0.5) is 0 Å². The molecular formula is C17H12O5. The van der Waals surface area contributed by atoms with Crippen molar-refractivity contribution in [2.75, 3.05) is 0 Å². The highest BCUT2D eigenvalue weighted by Crippen LogP contribution is 2.23. The molecule has 0 aliphatic carbocycles. The summed E-state index contributed by atoms with van der Waals surface area (Å²) in [6.07, 6.45) is 3.23. The molecule has 2 aromatic carbocycles. The van der Waals surface area contributed by atoms with Gasteiger partial charge in [-0.3, -0.25) is 0 Å². The highest BCUT2D eigenvalue weighted by atomic mass is 16.4. The lowest BCUT2D eigenvalue weighted by Crippen LogP contribution is -1.98. The Balaban J connectivity index is 1.95. The molecular weight excluding hydrogens is 284 g/mol. The summed E-state index contributed by atoms with van der Waals surface area (Å²) < 4.78 is 4.83. The zero-order chi connectivity index (χ0) is 15.7. The topological polar surface area (TPSA) is 90.9 Å². The largest absolute Gasteiger partial charge is 0.508 e. The van der Waals surface area contributed by atoms with Gasteiger partial charge in [-0.15, -0.1) is 0 Å². The first kappa shape index (κ1) is 13.8. The Bertz CT molecular complexity index is 937. The molecule has 5 nitrogen and oxygen atoms in total. The molecule has 0 aliphatic rings. The smallest absolute Gasteiger partial charge is 0.382 e. The maximum atomic E-state index is 11.2. The van der Waals surface area contributed by atoms with Crippen molar-refractivity contribution < 1.29 is 19.7 Å². The fourth-order valence-corrected chi connectivity index (χ4v) is 2.11. The molecule has 0 spiro atoms. The van der Waals surface area contributed by atoms with E-state index in [1.54, 1.807) is 24.3 Å². The Morgan fingerprint density at radius 2 is 1.59 bits per heavy atom. The van der Waals surface area contributed by atoms with E-state index in [0.29, 0.717) is 0 Å². The number of fused-ring (bicyclic) bond motifs is 1. The number of phenolic OH excluding ortho intramolecular Hbond substituents is 1. The van der Waals surface area contributed by atoms with E-state index in [0.717, 1.165) is 22.4 Å². The Morgan fingerprint density at radius 3 is 2.36 bits per heavy atom. The van der Waals surface area contributed by atoms with Gasteiger partial charge in [0, 0.05) is 6.07 Å². The second kappa shape index (κ2) is 5.29. The molecule has 22 heavy (non-hydrogen) atoms. The van der Waals surface area contributed by atoms with Gasteiger partial charge in [0.25, 0.3) is 0 Å². The molecule has 0 unspecified atom stereocenters. The van der Waals surface area contributed by atoms with Crippen LogP contribution in [-0.4, -0.2) is 15.3 Å². The predicted molar refractivity (Wildman–Crippen MR) is 82.8 cm³/mol. The van der Waals surface area contributed by atoms with Gasteiger partial charge in [0.15, 0.2) is 5.75 Å². The minimum absolute atomic E-state index is 0.131. The van der Waals surface area contributed by atoms with Crippen LogP contribution in [0.2, 0.25) is 0 Å². The molecule has 3 aromatic rings. The van der Waals surface area contributed by atoms with E-state index in [-0.39, 0.29) is 11.5 Å². The van der Waals surface area contributed by atoms with Crippen LogP contribution in [0.1, 0.15) is 11.3 Å². The van der Waals surface area contributed by atoms with Crippen molar-refractivity contribution in [3.8, 4) is 17.2 Å². The van der Waals surface area contributed by atoms with E-state index in [9.17, 15) is 15.0 Å². The highest BCUT2D eigenvalue weighted by molar-refractivity contribution is 5.86. The van der Waals surface area contributed by atoms with E-state index >= 15 is 0 Å². The van der Waals surface area contributed by atoms with Gasteiger partial charge < -0.3 is 19.7 Å². The summed E-state index contributed by atoms with van der Waals surface area (Å²) in [5.41, 5.74) is -0.137. The molecule has 0 aliphatic heterocycles. The quantitative estimate of drug-likeness (QED) is 0.676. The maximum Gasteiger partial charge on any atom is 0.382 e. The second-order valence-corrected chi connectivity index (χ2v) is 4.79.